The van der Waals surface area contributed by atoms with Gasteiger partial charge in [0.05, 0.1) is 0 Å². The van der Waals surface area contributed by atoms with E-state index in [2.05, 4.69) is 44.8 Å². The average molecular weight is 212 g/mol. The van der Waals surface area contributed by atoms with Crippen LogP contribution < -0.4 is 5.32 Å². The van der Waals surface area contributed by atoms with Gasteiger partial charge in [-0.2, -0.15) is 0 Å². The van der Waals surface area contributed by atoms with Crippen molar-refractivity contribution in [1.82, 2.24) is 10.2 Å². The minimum atomic E-state index is 0.459. The molecule has 0 radical (unpaired) electrons. The smallest absolute Gasteiger partial charge is 0.0246 e. The van der Waals surface area contributed by atoms with E-state index < -0.39 is 0 Å². The summed E-state index contributed by atoms with van der Waals surface area (Å²) in [5.41, 5.74) is 0.459. The molecule has 0 aromatic carbocycles. The fourth-order valence-corrected chi connectivity index (χ4v) is 2.52. The van der Waals surface area contributed by atoms with Crippen molar-refractivity contribution in [2.45, 2.75) is 59.5 Å². The highest BCUT2D eigenvalue weighted by Gasteiger charge is 2.33. The zero-order valence-corrected chi connectivity index (χ0v) is 11.1. The standard InChI is InChI=1S/C13H28N2/c1-6-15(11(2)3)10-12-13(4,5)8-7-9-14-12/h11-12,14H,6-10H2,1-5H3. The van der Waals surface area contributed by atoms with Crippen LogP contribution >= 0.6 is 0 Å². The Hall–Kier alpha value is -0.0800. The van der Waals surface area contributed by atoms with Gasteiger partial charge in [0.2, 0.25) is 0 Å². The summed E-state index contributed by atoms with van der Waals surface area (Å²) in [6, 6.07) is 1.32. The molecule has 1 atom stereocenters. The van der Waals surface area contributed by atoms with Gasteiger partial charge >= 0.3 is 0 Å². The van der Waals surface area contributed by atoms with E-state index in [1.165, 1.54) is 25.9 Å². The Morgan fingerprint density at radius 1 is 1.40 bits per heavy atom. The molecule has 1 heterocycles. The average Bonchev–Trinajstić information content (AvgIpc) is 2.15. The summed E-state index contributed by atoms with van der Waals surface area (Å²) < 4.78 is 0. The Morgan fingerprint density at radius 3 is 2.53 bits per heavy atom. The van der Waals surface area contributed by atoms with Crippen molar-refractivity contribution in [3.63, 3.8) is 0 Å². The molecule has 2 nitrogen and oxygen atoms in total. The number of likely N-dealkylation sites (N-methyl/N-ethyl adjacent to an activating group) is 1. The quantitative estimate of drug-likeness (QED) is 0.770. The monoisotopic (exact) mass is 212 g/mol. The summed E-state index contributed by atoms with van der Waals surface area (Å²) in [5.74, 6) is 0. The first-order valence-corrected chi connectivity index (χ1v) is 6.45. The van der Waals surface area contributed by atoms with Gasteiger partial charge in [-0.3, -0.25) is 4.90 Å². The second kappa shape index (κ2) is 5.31. The highest BCUT2D eigenvalue weighted by atomic mass is 15.2. The SMILES string of the molecule is CCN(CC1NCCCC1(C)C)C(C)C. The molecule has 1 saturated heterocycles. The van der Waals surface area contributed by atoms with Crippen LogP contribution in [0.3, 0.4) is 0 Å². The van der Waals surface area contributed by atoms with Crippen LogP contribution in [0.15, 0.2) is 0 Å². The Kier molecular flexibility index (Phi) is 4.60. The number of piperidine rings is 1. The van der Waals surface area contributed by atoms with Crippen LogP contribution in [-0.4, -0.2) is 36.6 Å². The van der Waals surface area contributed by atoms with Gasteiger partial charge in [-0.1, -0.05) is 20.8 Å². The first-order valence-electron chi connectivity index (χ1n) is 6.45. The van der Waals surface area contributed by atoms with Crippen LogP contribution in [0.25, 0.3) is 0 Å². The van der Waals surface area contributed by atoms with Crippen LogP contribution in [0, 0.1) is 5.41 Å². The second-order valence-corrected chi connectivity index (χ2v) is 5.78. The van der Waals surface area contributed by atoms with Crippen molar-refractivity contribution in [3.8, 4) is 0 Å². The molecule has 0 bridgehead atoms. The van der Waals surface area contributed by atoms with Crippen molar-refractivity contribution in [2.24, 2.45) is 5.41 Å². The van der Waals surface area contributed by atoms with E-state index in [-0.39, 0.29) is 0 Å². The predicted octanol–water partition coefficient (Wildman–Crippen LogP) is 2.49. The highest BCUT2D eigenvalue weighted by Crippen LogP contribution is 2.30. The molecule has 0 spiro atoms. The highest BCUT2D eigenvalue weighted by molar-refractivity contribution is 4.90. The molecule has 2 heteroatoms. The maximum atomic E-state index is 3.69. The predicted molar refractivity (Wildman–Crippen MR) is 67.2 cm³/mol. The van der Waals surface area contributed by atoms with E-state index in [4.69, 9.17) is 0 Å². The van der Waals surface area contributed by atoms with Gasteiger partial charge < -0.3 is 5.32 Å². The lowest BCUT2D eigenvalue weighted by Crippen LogP contribution is -2.53. The van der Waals surface area contributed by atoms with Crippen molar-refractivity contribution in [3.05, 3.63) is 0 Å². The molecular formula is C13H28N2. The lowest BCUT2D eigenvalue weighted by Gasteiger charge is -2.42. The molecule has 90 valence electrons. The van der Waals surface area contributed by atoms with Crippen molar-refractivity contribution >= 4 is 0 Å². The van der Waals surface area contributed by atoms with Crippen LogP contribution in [0.1, 0.15) is 47.5 Å². The molecule has 1 rings (SSSR count). The zero-order chi connectivity index (χ0) is 11.5. The zero-order valence-electron chi connectivity index (χ0n) is 11.1. The Bertz CT molecular complexity index is 187. The van der Waals surface area contributed by atoms with Crippen molar-refractivity contribution < 1.29 is 0 Å². The summed E-state index contributed by atoms with van der Waals surface area (Å²) in [5, 5.41) is 3.69. The van der Waals surface area contributed by atoms with E-state index >= 15 is 0 Å². The van der Waals surface area contributed by atoms with E-state index in [1.807, 2.05) is 0 Å². The van der Waals surface area contributed by atoms with Gasteiger partial charge in [-0.25, -0.2) is 0 Å². The summed E-state index contributed by atoms with van der Waals surface area (Å²) in [4.78, 5) is 2.56. The summed E-state index contributed by atoms with van der Waals surface area (Å²) >= 11 is 0. The van der Waals surface area contributed by atoms with E-state index in [0.29, 0.717) is 17.5 Å². The van der Waals surface area contributed by atoms with Gasteiger partial charge in [0, 0.05) is 18.6 Å². The molecular weight excluding hydrogens is 184 g/mol. The van der Waals surface area contributed by atoms with Crippen molar-refractivity contribution in [2.75, 3.05) is 19.6 Å². The molecule has 1 N–H and O–H groups in total. The lowest BCUT2D eigenvalue weighted by atomic mass is 9.77. The van der Waals surface area contributed by atoms with Crippen LogP contribution in [0.4, 0.5) is 0 Å². The number of hydrogen-bond donors (Lipinski definition) is 1. The minimum absolute atomic E-state index is 0.459. The van der Waals surface area contributed by atoms with Crippen LogP contribution in [0.2, 0.25) is 0 Å². The molecule has 15 heavy (non-hydrogen) atoms. The normalized spacial score (nSPS) is 26.2. The topological polar surface area (TPSA) is 15.3 Å². The largest absolute Gasteiger partial charge is 0.312 e. The van der Waals surface area contributed by atoms with Gasteiger partial charge in [-0.15, -0.1) is 0 Å². The van der Waals surface area contributed by atoms with Crippen LogP contribution in [0.5, 0.6) is 0 Å². The van der Waals surface area contributed by atoms with E-state index in [9.17, 15) is 0 Å². The number of rotatable bonds is 4. The molecule has 1 aliphatic rings. The molecule has 0 amide bonds. The van der Waals surface area contributed by atoms with Crippen LogP contribution in [-0.2, 0) is 0 Å². The van der Waals surface area contributed by atoms with Gasteiger partial charge in [0.25, 0.3) is 0 Å². The minimum Gasteiger partial charge on any atom is -0.312 e. The molecule has 1 unspecified atom stereocenters. The van der Waals surface area contributed by atoms with Gasteiger partial charge in [0.1, 0.15) is 0 Å². The van der Waals surface area contributed by atoms with Crippen molar-refractivity contribution in [1.29, 1.82) is 0 Å². The first kappa shape index (κ1) is 13.0. The first-order chi connectivity index (χ1) is 6.97. The molecule has 0 saturated carbocycles. The van der Waals surface area contributed by atoms with Gasteiger partial charge in [-0.05, 0) is 45.2 Å². The fourth-order valence-electron chi connectivity index (χ4n) is 2.52. The summed E-state index contributed by atoms with van der Waals surface area (Å²) in [6.07, 6.45) is 2.69. The molecule has 1 fully saturated rings. The molecule has 1 aliphatic heterocycles. The Balaban J connectivity index is 2.54. The van der Waals surface area contributed by atoms with Gasteiger partial charge in [0.15, 0.2) is 0 Å². The third-order valence-corrected chi connectivity index (χ3v) is 3.89. The maximum Gasteiger partial charge on any atom is 0.0246 e. The third kappa shape index (κ3) is 3.46. The lowest BCUT2D eigenvalue weighted by molar-refractivity contribution is 0.113. The van der Waals surface area contributed by atoms with E-state index in [0.717, 1.165) is 6.54 Å². The fraction of sp³-hybridized carbons (Fsp3) is 1.00. The number of hydrogen-bond acceptors (Lipinski definition) is 2. The molecule has 0 aliphatic carbocycles. The number of nitrogens with zero attached hydrogens (tertiary/aromatic N) is 1. The molecule has 0 aromatic heterocycles. The Morgan fingerprint density at radius 2 is 2.07 bits per heavy atom. The molecule has 0 aromatic rings. The third-order valence-electron chi connectivity index (χ3n) is 3.89. The summed E-state index contributed by atoms with van der Waals surface area (Å²) in [6.45, 7) is 15.2. The second-order valence-electron chi connectivity index (χ2n) is 5.78. The number of nitrogens with one attached hydrogen (secondary N) is 1. The van der Waals surface area contributed by atoms with E-state index in [1.54, 1.807) is 0 Å². The summed E-state index contributed by atoms with van der Waals surface area (Å²) in [7, 11) is 0. The maximum absolute atomic E-state index is 3.69. The Labute approximate surface area is 95.4 Å².